The van der Waals surface area contributed by atoms with Crippen molar-refractivity contribution in [3.05, 3.63) is 79.1 Å². The molecule has 8 nitrogen and oxygen atoms in total. The number of halogens is 1. The Morgan fingerprint density at radius 3 is 2.63 bits per heavy atom. The summed E-state index contributed by atoms with van der Waals surface area (Å²) in [4.78, 5) is 17.0. The number of ether oxygens (including phenoxy) is 1. The van der Waals surface area contributed by atoms with Gasteiger partial charge in [-0.1, -0.05) is 12.1 Å². The molecule has 0 unspecified atom stereocenters. The SMILES string of the molecule is Fc1cccc(-c2nccc3[nH]c(-c4n[nH]c5cnc(-c6cncc(OC7CCNCC7)c6)cc45)cc23)c1. The standard InChI is InChI=1S/C29H24FN7O/c30-19-3-1-2-17(10-19)28-22-13-26(35-24(22)6-9-33-28)29-23-12-25(34-16-27(23)36-37-29)18-11-21(15-32-14-18)38-20-4-7-31-8-5-20/h1-3,6,9-16,20,31,35H,4-5,7-8H2,(H,36,37). The van der Waals surface area contributed by atoms with Crippen LogP contribution in [0.1, 0.15) is 12.8 Å². The molecular weight excluding hydrogens is 481 g/mol. The molecular formula is C29H24FN7O. The Hall–Kier alpha value is -4.63. The van der Waals surface area contributed by atoms with Gasteiger partial charge in [0.25, 0.3) is 0 Å². The number of benzene rings is 1. The summed E-state index contributed by atoms with van der Waals surface area (Å²) in [6.45, 7) is 1.93. The predicted molar refractivity (Wildman–Crippen MR) is 144 cm³/mol. The lowest BCUT2D eigenvalue weighted by Crippen LogP contribution is -2.34. The molecule has 5 aromatic heterocycles. The van der Waals surface area contributed by atoms with Gasteiger partial charge in [-0.2, -0.15) is 5.10 Å². The van der Waals surface area contributed by atoms with Crippen LogP contribution in [0.25, 0.3) is 55.7 Å². The van der Waals surface area contributed by atoms with E-state index in [4.69, 9.17) is 4.74 Å². The first-order valence-electron chi connectivity index (χ1n) is 12.6. The van der Waals surface area contributed by atoms with Gasteiger partial charge in [0.2, 0.25) is 0 Å². The molecule has 188 valence electrons. The average Bonchev–Trinajstić information content (AvgIpc) is 3.57. The first-order chi connectivity index (χ1) is 18.7. The van der Waals surface area contributed by atoms with Crippen LogP contribution in [0.2, 0.25) is 0 Å². The summed E-state index contributed by atoms with van der Waals surface area (Å²) in [5, 5.41) is 12.8. The lowest BCUT2D eigenvalue weighted by Gasteiger charge is -2.23. The largest absolute Gasteiger partial charge is 0.489 e. The van der Waals surface area contributed by atoms with E-state index in [2.05, 4.69) is 35.5 Å². The van der Waals surface area contributed by atoms with Gasteiger partial charge >= 0.3 is 0 Å². The average molecular weight is 506 g/mol. The molecule has 1 aliphatic rings. The van der Waals surface area contributed by atoms with Crippen LogP contribution in [0.15, 0.2) is 73.3 Å². The highest BCUT2D eigenvalue weighted by Crippen LogP contribution is 2.34. The van der Waals surface area contributed by atoms with Crippen LogP contribution in [0.4, 0.5) is 4.39 Å². The van der Waals surface area contributed by atoms with Gasteiger partial charge in [0.1, 0.15) is 23.4 Å². The molecule has 0 saturated carbocycles. The Morgan fingerprint density at radius 2 is 1.74 bits per heavy atom. The van der Waals surface area contributed by atoms with E-state index in [1.165, 1.54) is 12.1 Å². The molecule has 1 aromatic carbocycles. The number of piperidine rings is 1. The monoisotopic (exact) mass is 505 g/mol. The molecule has 0 aliphatic carbocycles. The van der Waals surface area contributed by atoms with Crippen LogP contribution in [0.3, 0.4) is 0 Å². The van der Waals surface area contributed by atoms with E-state index in [1.807, 2.05) is 30.3 Å². The highest BCUT2D eigenvalue weighted by atomic mass is 19.1. The van der Waals surface area contributed by atoms with E-state index in [0.717, 1.165) is 81.7 Å². The Bertz CT molecular complexity index is 1770. The molecule has 6 heterocycles. The third-order valence-electron chi connectivity index (χ3n) is 6.95. The van der Waals surface area contributed by atoms with Crippen LogP contribution in [0.5, 0.6) is 5.75 Å². The van der Waals surface area contributed by atoms with Crippen molar-refractivity contribution in [2.75, 3.05) is 13.1 Å². The number of fused-ring (bicyclic) bond motifs is 2. The molecule has 0 bridgehead atoms. The summed E-state index contributed by atoms with van der Waals surface area (Å²) in [7, 11) is 0. The number of pyridine rings is 3. The number of hydrogen-bond donors (Lipinski definition) is 3. The van der Waals surface area contributed by atoms with Crippen molar-refractivity contribution in [3.8, 4) is 39.7 Å². The molecule has 1 saturated heterocycles. The first kappa shape index (κ1) is 22.6. The maximum atomic E-state index is 13.9. The van der Waals surface area contributed by atoms with Gasteiger partial charge in [0, 0.05) is 39.8 Å². The molecule has 0 atom stereocenters. The van der Waals surface area contributed by atoms with E-state index in [9.17, 15) is 4.39 Å². The third kappa shape index (κ3) is 4.16. The van der Waals surface area contributed by atoms with Crippen LogP contribution in [-0.2, 0) is 0 Å². The second kappa shape index (κ2) is 9.35. The second-order valence-corrected chi connectivity index (χ2v) is 9.48. The molecule has 0 amide bonds. The fourth-order valence-electron chi connectivity index (χ4n) is 5.06. The number of aromatic nitrogens is 6. The Kier molecular flexibility index (Phi) is 5.55. The van der Waals surface area contributed by atoms with Gasteiger partial charge in [0.15, 0.2) is 0 Å². The van der Waals surface area contributed by atoms with E-state index in [0.29, 0.717) is 5.69 Å². The molecule has 0 spiro atoms. The van der Waals surface area contributed by atoms with E-state index in [-0.39, 0.29) is 11.9 Å². The number of nitrogens with zero attached hydrogens (tertiary/aromatic N) is 4. The van der Waals surface area contributed by atoms with Crippen molar-refractivity contribution in [1.82, 2.24) is 35.5 Å². The molecule has 3 N–H and O–H groups in total. The van der Waals surface area contributed by atoms with Gasteiger partial charge < -0.3 is 15.0 Å². The molecule has 7 rings (SSSR count). The highest BCUT2D eigenvalue weighted by molar-refractivity contribution is 6.00. The summed E-state index contributed by atoms with van der Waals surface area (Å²) in [5.41, 5.74) is 6.39. The minimum absolute atomic E-state index is 0.193. The lowest BCUT2D eigenvalue weighted by atomic mass is 10.1. The summed E-state index contributed by atoms with van der Waals surface area (Å²) in [6.07, 6.45) is 9.20. The number of aromatic amines is 2. The van der Waals surface area contributed by atoms with Crippen LogP contribution >= 0.6 is 0 Å². The fraction of sp³-hybridized carbons (Fsp3) is 0.172. The van der Waals surface area contributed by atoms with Gasteiger partial charge in [-0.05, 0) is 62.3 Å². The molecule has 38 heavy (non-hydrogen) atoms. The normalized spacial score (nSPS) is 14.3. The summed E-state index contributed by atoms with van der Waals surface area (Å²) in [5.74, 6) is 0.451. The van der Waals surface area contributed by atoms with Gasteiger partial charge in [-0.25, -0.2) is 4.39 Å². The first-order valence-corrected chi connectivity index (χ1v) is 12.6. The minimum Gasteiger partial charge on any atom is -0.489 e. The van der Waals surface area contributed by atoms with Crippen LogP contribution in [0, 0.1) is 5.82 Å². The lowest BCUT2D eigenvalue weighted by molar-refractivity contribution is 0.162. The van der Waals surface area contributed by atoms with Crippen molar-refractivity contribution in [2.45, 2.75) is 18.9 Å². The quantitative estimate of drug-likeness (QED) is 0.286. The van der Waals surface area contributed by atoms with Crippen molar-refractivity contribution in [2.24, 2.45) is 0 Å². The molecule has 6 aromatic rings. The maximum Gasteiger partial charge on any atom is 0.138 e. The summed E-state index contributed by atoms with van der Waals surface area (Å²) >= 11 is 0. The number of nitrogens with one attached hydrogen (secondary N) is 3. The third-order valence-corrected chi connectivity index (χ3v) is 6.95. The maximum absolute atomic E-state index is 13.9. The Balaban J connectivity index is 1.26. The van der Waals surface area contributed by atoms with E-state index >= 15 is 0 Å². The van der Waals surface area contributed by atoms with Crippen LogP contribution < -0.4 is 10.1 Å². The predicted octanol–water partition coefficient (Wildman–Crippen LogP) is 5.50. The van der Waals surface area contributed by atoms with Gasteiger partial charge in [-0.15, -0.1) is 0 Å². The zero-order valence-electron chi connectivity index (χ0n) is 20.4. The minimum atomic E-state index is -0.296. The van der Waals surface area contributed by atoms with E-state index in [1.54, 1.807) is 30.9 Å². The number of hydrogen-bond acceptors (Lipinski definition) is 6. The van der Waals surface area contributed by atoms with Crippen LogP contribution in [-0.4, -0.2) is 49.3 Å². The zero-order valence-corrected chi connectivity index (χ0v) is 20.4. The molecule has 9 heteroatoms. The number of H-pyrrole nitrogens is 2. The van der Waals surface area contributed by atoms with Crippen molar-refractivity contribution >= 4 is 21.8 Å². The number of rotatable bonds is 5. The van der Waals surface area contributed by atoms with Crippen molar-refractivity contribution in [3.63, 3.8) is 0 Å². The van der Waals surface area contributed by atoms with Gasteiger partial charge in [-0.3, -0.25) is 20.1 Å². The zero-order chi connectivity index (χ0) is 25.5. The van der Waals surface area contributed by atoms with E-state index < -0.39 is 0 Å². The van der Waals surface area contributed by atoms with Gasteiger partial charge in [0.05, 0.1) is 35.0 Å². The second-order valence-electron chi connectivity index (χ2n) is 9.48. The Labute approximate surface area is 217 Å². The smallest absolute Gasteiger partial charge is 0.138 e. The Morgan fingerprint density at radius 1 is 0.842 bits per heavy atom. The highest BCUT2D eigenvalue weighted by Gasteiger charge is 2.17. The summed E-state index contributed by atoms with van der Waals surface area (Å²) < 4.78 is 20.1. The summed E-state index contributed by atoms with van der Waals surface area (Å²) in [6, 6.07) is 14.4. The topological polar surface area (TPSA) is 104 Å². The molecule has 1 fully saturated rings. The van der Waals surface area contributed by atoms with Crippen molar-refractivity contribution < 1.29 is 9.13 Å². The molecule has 0 radical (unpaired) electrons. The molecule has 1 aliphatic heterocycles. The van der Waals surface area contributed by atoms with Crippen molar-refractivity contribution in [1.29, 1.82) is 0 Å². The fourth-order valence-corrected chi connectivity index (χ4v) is 5.06.